The molecule has 4 fully saturated rings. The lowest BCUT2D eigenvalue weighted by atomic mass is 9.75. The number of carbonyl (C=O) groups excluding carboxylic acids is 1. The highest BCUT2D eigenvalue weighted by Crippen LogP contribution is 2.37. The first-order chi connectivity index (χ1) is 16.1. The maximum atomic E-state index is 13.0. The highest BCUT2D eigenvalue weighted by molar-refractivity contribution is 5.79. The zero-order valence-electron chi connectivity index (χ0n) is 19.9. The van der Waals surface area contributed by atoms with E-state index in [9.17, 15) is 4.79 Å². The molecule has 7 nitrogen and oxygen atoms in total. The summed E-state index contributed by atoms with van der Waals surface area (Å²) in [6.45, 7) is 4.55. The van der Waals surface area contributed by atoms with Gasteiger partial charge in [-0.3, -0.25) is 19.3 Å². The van der Waals surface area contributed by atoms with Crippen LogP contribution in [0.3, 0.4) is 0 Å². The second kappa shape index (κ2) is 10.3. The van der Waals surface area contributed by atoms with Gasteiger partial charge in [-0.1, -0.05) is 54.8 Å². The predicted octanol–water partition coefficient (Wildman–Crippen LogP) is 3.07. The fourth-order valence-electron chi connectivity index (χ4n) is 6.12. The average Bonchev–Trinajstić information content (AvgIpc) is 3.27. The van der Waals surface area contributed by atoms with Crippen molar-refractivity contribution in [1.82, 2.24) is 30.1 Å². The maximum absolute atomic E-state index is 13.0. The van der Waals surface area contributed by atoms with Crippen LogP contribution in [0.2, 0.25) is 0 Å². The Morgan fingerprint density at radius 1 is 1.12 bits per heavy atom. The van der Waals surface area contributed by atoms with E-state index in [-0.39, 0.29) is 5.92 Å². The van der Waals surface area contributed by atoms with Gasteiger partial charge in [-0.2, -0.15) is 0 Å². The summed E-state index contributed by atoms with van der Waals surface area (Å²) < 4.78 is 2.01. The van der Waals surface area contributed by atoms with Crippen molar-refractivity contribution >= 4 is 5.91 Å². The number of amides is 1. The maximum Gasteiger partial charge on any atom is 0.224 e. The molecule has 4 aliphatic rings. The largest absolute Gasteiger partial charge is 0.353 e. The van der Waals surface area contributed by atoms with Gasteiger partial charge in [0.05, 0.1) is 18.2 Å². The molecule has 2 aromatic rings. The molecule has 1 saturated carbocycles. The van der Waals surface area contributed by atoms with E-state index in [1.807, 2.05) is 4.68 Å². The third-order valence-electron chi connectivity index (χ3n) is 7.88. The van der Waals surface area contributed by atoms with Gasteiger partial charge in [-0.15, -0.1) is 5.10 Å². The van der Waals surface area contributed by atoms with Crippen LogP contribution in [0.1, 0.15) is 56.2 Å². The topological polar surface area (TPSA) is 66.3 Å². The number of rotatable bonds is 8. The van der Waals surface area contributed by atoms with Gasteiger partial charge in [0.25, 0.3) is 0 Å². The van der Waals surface area contributed by atoms with E-state index in [0.29, 0.717) is 23.9 Å². The second-order valence-electron chi connectivity index (χ2n) is 10.5. The number of fused-ring (bicyclic) bond motifs is 3. The fraction of sp³-hybridized carbons (Fsp3) is 0.654. The van der Waals surface area contributed by atoms with Gasteiger partial charge < -0.3 is 5.32 Å². The normalized spacial score (nSPS) is 27.7. The van der Waals surface area contributed by atoms with E-state index in [1.165, 1.54) is 24.8 Å². The minimum absolute atomic E-state index is 0.162. The molecule has 0 spiro atoms. The molecule has 0 radical (unpaired) electrons. The number of nitrogens with zero attached hydrogens (tertiary/aromatic N) is 5. The highest BCUT2D eigenvalue weighted by Gasteiger charge is 2.43. The van der Waals surface area contributed by atoms with Crippen molar-refractivity contribution in [3.05, 3.63) is 47.8 Å². The summed E-state index contributed by atoms with van der Waals surface area (Å²) in [4.78, 5) is 17.8. The van der Waals surface area contributed by atoms with Crippen LogP contribution in [0.4, 0.5) is 0 Å². The van der Waals surface area contributed by atoms with E-state index in [2.05, 4.69) is 69.0 Å². The van der Waals surface area contributed by atoms with Gasteiger partial charge in [0, 0.05) is 37.9 Å². The number of hydrogen-bond acceptors (Lipinski definition) is 5. The molecule has 1 aliphatic carbocycles. The smallest absolute Gasteiger partial charge is 0.224 e. The molecule has 1 unspecified atom stereocenters. The number of benzene rings is 1. The minimum Gasteiger partial charge on any atom is -0.353 e. The van der Waals surface area contributed by atoms with E-state index in [4.69, 9.17) is 0 Å². The van der Waals surface area contributed by atoms with Crippen LogP contribution in [-0.2, 0) is 24.4 Å². The van der Waals surface area contributed by atoms with Crippen molar-refractivity contribution in [2.75, 3.05) is 20.1 Å². The fourth-order valence-corrected chi connectivity index (χ4v) is 6.12. The van der Waals surface area contributed by atoms with E-state index in [1.54, 1.807) is 0 Å². The zero-order chi connectivity index (χ0) is 22.6. The number of piperidine rings is 3. The van der Waals surface area contributed by atoms with Crippen LogP contribution in [0.5, 0.6) is 0 Å². The summed E-state index contributed by atoms with van der Waals surface area (Å²) in [6, 6.07) is 11.4. The monoisotopic (exact) mass is 450 g/mol. The summed E-state index contributed by atoms with van der Waals surface area (Å²) in [5.41, 5.74) is 2.31. The molecule has 1 aromatic heterocycles. The minimum atomic E-state index is 0.162. The molecule has 7 heteroatoms. The van der Waals surface area contributed by atoms with Gasteiger partial charge >= 0.3 is 0 Å². The van der Waals surface area contributed by atoms with E-state index < -0.39 is 0 Å². The quantitative estimate of drug-likeness (QED) is 0.670. The van der Waals surface area contributed by atoms with E-state index >= 15 is 0 Å². The molecule has 178 valence electrons. The number of hydrogen-bond donors (Lipinski definition) is 1. The van der Waals surface area contributed by atoms with Crippen LogP contribution < -0.4 is 5.32 Å². The molecule has 3 aliphatic heterocycles. The standard InChI is InChI=1S/C26H38N6O/c1-30(15-20-8-4-2-5-9-20)16-23-17-32(29-28-23)18-24-14-21-12-13-31(24)19-25(21)26(33)27-22-10-6-3-7-11-22/h2,4-5,8-9,17,21-22,24-25H,3,6-7,10-16,18-19H2,1H3,(H,27,33)/t21-,24-,25+/m1/s1. The molecule has 33 heavy (non-hydrogen) atoms. The summed E-state index contributed by atoms with van der Waals surface area (Å²) in [5.74, 6) is 0.970. The number of carbonyl (C=O) groups is 1. The molecular weight excluding hydrogens is 412 g/mol. The number of nitrogens with one attached hydrogen (secondary N) is 1. The van der Waals surface area contributed by atoms with Gasteiger partial charge in [0.2, 0.25) is 5.91 Å². The third-order valence-corrected chi connectivity index (χ3v) is 7.88. The van der Waals surface area contributed by atoms with Crippen LogP contribution in [-0.4, -0.2) is 62.9 Å². The van der Waals surface area contributed by atoms with Gasteiger partial charge in [-0.05, 0) is 50.8 Å². The zero-order valence-corrected chi connectivity index (χ0v) is 19.9. The SMILES string of the molecule is CN(Cc1ccccc1)Cc1cn(C[C@H]2C[C@H]3CCN2C[C@@H]3C(=O)NC2CCCCC2)nn1. The Balaban J connectivity index is 1.12. The summed E-state index contributed by atoms with van der Waals surface area (Å²) in [6.07, 6.45) is 10.5. The van der Waals surface area contributed by atoms with Crippen LogP contribution in [0.15, 0.2) is 36.5 Å². The first-order valence-electron chi connectivity index (χ1n) is 12.8. The van der Waals surface area contributed by atoms with Crippen molar-refractivity contribution in [1.29, 1.82) is 0 Å². The highest BCUT2D eigenvalue weighted by atomic mass is 16.2. The van der Waals surface area contributed by atoms with Gasteiger partial charge in [0.15, 0.2) is 0 Å². The first-order valence-corrected chi connectivity index (χ1v) is 12.8. The molecular formula is C26H38N6O. The Labute approximate surface area is 197 Å². The van der Waals surface area contributed by atoms with Crippen molar-refractivity contribution < 1.29 is 4.79 Å². The lowest BCUT2D eigenvalue weighted by molar-refractivity contribution is -0.134. The Kier molecular flexibility index (Phi) is 7.07. The molecule has 4 atom stereocenters. The Bertz CT molecular complexity index is 909. The first kappa shape index (κ1) is 22.5. The lowest BCUT2D eigenvalue weighted by Gasteiger charge is -2.49. The summed E-state index contributed by atoms with van der Waals surface area (Å²) >= 11 is 0. The second-order valence-corrected chi connectivity index (χ2v) is 10.5. The summed E-state index contributed by atoms with van der Waals surface area (Å²) in [5, 5.41) is 12.2. The third kappa shape index (κ3) is 5.64. The van der Waals surface area contributed by atoms with Gasteiger partial charge in [-0.25, -0.2) is 0 Å². The Morgan fingerprint density at radius 2 is 1.94 bits per heavy atom. The van der Waals surface area contributed by atoms with Gasteiger partial charge in [0.1, 0.15) is 0 Å². The molecule has 1 aromatic carbocycles. The summed E-state index contributed by atoms with van der Waals surface area (Å²) in [7, 11) is 2.12. The number of aromatic nitrogens is 3. The Morgan fingerprint density at radius 3 is 2.70 bits per heavy atom. The molecule has 2 bridgehead atoms. The molecule has 6 rings (SSSR count). The van der Waals surface area contributed by atoms with Crippen LogP contribution in [0, 0.1) is 11.8 Å². The van der Waals surface area contributed by atoms with Crippen LogP contribution in [0.25, 0.3) is 0 Å². The predicted molar refractivity (Wildman–Crippen MR) is 128 cm³/mol. The molecule has 4 heterocycles. The van der Waals surface area contributed by atoms with Crippen molar-refractivity contribution in [2.24, 2.45) is 11.8 Å². The van der Waals surface area contributed by atoms with Crippen LogP contribution >= 0.6 is 0 Å². The molecule has 3 saturated heterocycles. The van der Waals surface area contributed by atoms with Crippen molar-refractivity contribution in [3.8, 4) is 0 Å². The lowest BCUT2D eigenvalue weighted by Crippen LogP contribution is -2.58. The van der Waals surface area contributed by atoms with Crippen molar-refractivity contribution in [3.63, 3.8) is 0 Å². The molecule has 1 amide bonds. The van der Waals surface area contributed by atoms with E-state index in [0.717, 1.165) is 64.1 Å². The average molecular weight is 451 g/mol. The Hall–Kier alpha value is -2.25. The van der Waals surface area contributed by atoms with Crippen molar-refractivity contribution in [2.45, 2.75) is 76.7 Å². The molecule has 1 N–H and O–H groups in total.